The molecule has 22 heavy (non-hydrogen) atoms. The van der Waals surface area contributed by atoms with Crippen LogP contribution in [0, 0.1) is 6.92 Å². The van der Waals surface area contributed by atoms with Crippen LogP contribution in [0.3, 0.4) is 0 Å². The zero-order chi connectivity index (χ0) is 15.5. The number of ether oxygens (including phenoxy) is 1. The summed E-state index contributed by atoms with van der Waals surface area (Å²) in [5.74, 6) is 1.25. The van der Waals surface area contributed by atoms with Crippen molar-refractivity contribution in [1.82, 2.24) is 19.9 Å². The first-order valence-electron chi connectivity index (χ1n) is 6.91. The Hall–Kier alpha value is -2.54. The molecule has 0 unspecified atom stereocenters. The Bertz CT molecular complexity index is 759. The molecule has 0 amide bonds. The molecule has 7 heteroatoms. The Kier molecular flexibility index (Phi) is 3.97. The standard InChI is InChI=1S/C15H17N5O2/c1-10-19-13-14(17-9-18-15(13)22-10)20(2)12(8-21-3)11-6-4-5-7-16-11/h4-7,9,12H,8H2,1-3H3/t12-/m1/s1. The van der Waals surface area contributed by atoms with Crippen LogP contribution in [0.2, 0.25) is 0 Å². The molecule has 0 saturated heterocycles. The van der Waals surface area contributed by atoms with Gasteiger partial charge >= 0.3 is 0 Å². The number of likely N-dealkylation sites (N-methyl/N-ethyl adjacent to an activating group) is 1. The highest BCUT2D eigenvalue weighted by molar-refractivity contribution is 5.81. The molecule has 3 heterocycles. The molecule has 0 aliphatic heterocycles. The topological polar surface area (TPSA) is 77.2 Å². The van der Waals surface area contributed by atoms with Gasteiger partial charge in [-0.3, -0.25) is 4.98 Å². The lowest BCUT2D eigenvalue weighted by molar-refractivity contribution is 0.177. The first-order valence-corrected chi connectivity index (χ1v) is 6.91. The Morgan fingerprint density at radius 2 is 2.14 bits per heavy atom. The molecule has 1 atom stereocenters. The van der Waals surface area contributed by atoms with E-state index in [-0.39, 0.29) is 6.04 Å². The minimum Gasteiger partial charge on any atom is -0.422 e. The number of hydrogen-bond acceptors (Lipinski definition) is 7. The van der Waals surface area contributed by atoms with Crippen LogP contribution in [0.1, 0.15) is 17.6 Å². The summed E-state index contributed by atoms with van der Waals surface area (Å²) >= 11 is 0. The maximum absolute atomic E-state index is 5.47. The summed E-state index contributed by atoms with van der Waals surface area (Å²) in [6, 6.07) is 5.72. The van der Waals surface area contributed by atoms with Crippen LogP contribution in [0.25, 0.3) is 11.2 Å². The number of hydrogen-bond donors (Lipinski definition) is 0. The molecule has 3 aromatic heterocycles. The van der Waals surface area contributed by atoms with Gasteiger partial charge in [0.15, 0.2) is 17.2 Å². The molecule has 3 rings (SSSR count). The Balaban J connectivity index is 2.04. The summed E-state index contributed by atoms with van der Waals surface area (Å²) in [4.78, 5) is 19.2. The van der Waals surface area contributed by atoms with Gasteiger partial charge in [0.25, 0.3) is 5.71 Å². The molecule has 114 valence electrons. The van der Waals surface area contributed by atoms with Crippen molar-refractivity contribution in [2.75, 3.05) is 25.7 Å². The van der Waals surface area contributed by atoms with Crippen LogP contribution in [-0.4, -0.2) is 40.7 Å². The van der Waals surface area contributed by atoms with Crippen molar-refractivity contribution in [3.63, 3.8) is 0 Å². The van der Waals surface area contributed by atoms with Gasteiger partial charge < -0.3 is 14.1 Å². The Morgan fingerprint density at radius 3 is 2.86 bits per heavy atom. The van der Waals surface area contributed by atoms with E-state index >= 15 is 0 Å². The van der Waals surface area contributed by atoms with E-state index in [0.717, 1.165) is 5.69 Å². The monoisotopic (exact) mass is 299 g/mol. The molecule has 0 aliphatic rings. The average Bonchev–Trinajstić information content (AvgIpc) is 2.93. The molecule has 7 nitrogen and oxygen atoms in total. The number of aryl methyl sites for hydroxylation is 1. The van der Waals surface area contributed by atoms with Gasteiger partial charge in [-0.2, -0.15) is 4.98 Å². The maximum atomic E-state index is 5.47. The quantitative estimate of drug-likeness (QED) is 0.714. The van der Waals surface area contributed by atoms with Gasteiger partial charge in [-0.25, -0.2) is 9.97 Å². The van der Waals surface area contributed by atoms with Crippen molar-refractivity contribution in [2.45, 2.75) is 13.0 Å². The fourth-order valence-electron chi connectivity index (χ4n) is 2.38. The first-order chi connectivity index (χ1) is 10.7. The summed E-state index contributed by atoms with van der Waals surface area (Å²) in [7, 11) is 3.60. The molecule has 3 aromatic rings. The number of anilines is 1. The van der Waals surface area contributed by atoms with Gasteiger partial charge in [0.05, 0.1) is 18.3 Å². The molecule has 0 aliphatic carbocycles. The van der Waals surface area contributed by atoms with E-state index in [1.807, 2.05) is 30.1 Å². The van der Waals surface area contributed by atoms with E-state index in [0.29, 0.717) is 29.5 Å². The zero-order valence-corrected chi connectivity index (χ0v) is 12.7. The van der Waals surface area contributed by atoms with Gasteiger partial charge in [0.1, 0.15) is 6.33 Å². The highest BCUT2D eigenvalue weighted by atomic mass is 16.5. The van der Waals surface area contributed by atoms with E-state index in [1.165, 1.54) is 6.33 Å². The van der Waals surface area contributed by atoms with Crippen molar-refractivity contribution < 1.29 is 9.15 Å². The minimum absolute atomic E-state index is 0.0821. The van der Waals surface area contributed by atoms with Crippen LogP contribution in [0.5, 0.6) is 0 Å². The number of aromatic nitrogens is 4. The number of oxazole rings is 1. The first kappa shape index (κ1) is 14.4. The predicted octanol–water partition coefficient (Wildman–Crippen LogP) is 2.15. The molecule has 0 N–H and O–H groups in total. The summed E-state index contributed by atoms with van der Waals surface area (Å²) in [5.41, 5.74) is 2.02. The number of rotatable bonds is 5. The van der Waals surface area contributed by atoms with Gasteiger partial charge in [-0.1, -0.05) is 6.07 Å². The van der Waals surface area contributed by atoms with Crippen molar-refractivity contribution >= 4 is 17.0 Å². The van der Waals surface area contributed by atoms with Crippen molar-refractivity contribution in [3.8, 4) is 0 Å². The highest BCUT2D eigenvalue weighted by Gasteiger charge is 2.23. The summed E-state index contributed by atoms with van der Waals surface area (Å²) in [6.45, 7) is 2.27. The van der Waals surface area contributed by atoms with E-state index in [1.54, 1.807) is 20.2 Å². The predicted molar refractivity (Wildman–Crippen MR) is 81.6 cm³/mol. The van der Waals surface area contributed by atoms with E-state index < -0.39 is 0 Å². The second kappa shape index (κ2) is 6.07. The number of fused-ring (bicyclic) bond motifs is 1. The second-order valence-corrected chi connectivity index (χ2v) is 4.92. The SMILES string of the molecule is COC[C@H](c1ccccn1)N(C)c1ncnc2oc(C)nc12. The number of methoxy groups -OCH3 is 1. The summed E-state index contributed by atoms with van der Waals surface area (Å²) in [5, 5.41) is 0. The average molecular weight is 299 g/mol. The molecule has 0 bridgehead atoms. The molecule has 0 fully saturated rings. The number of pyridine rings is 1. The van der Waals surface area contributed by atoms with Crippen molar-refractivity contribution in [1.29, 1.82) is 0 Å². The van der Waals surface area contributed by atoms with Crippen LogP contribution >= 0.6 is 0 Å². The molecule has 0 saturated carbocycles. The van der Waals surface area contributed by atoms with Crippen molar-refractivity contribution in [2.24, 2.45) is 0 Å². The van der Waals surface area contributed by atoms with Crippen LogP contribution in [0.4, 0.5) is 5.82 Å². The zero-order valence-electron chi connectivity index (χ0n) is 12.7. The summed E-state index contributed by atoms with van der Waals surface area (Å²) in [6.07, 6.45) is 3.24. The van der Waals surface area contributed by atoms with Gasteiger partial charge in [-0.15, -0.1) is 0 Å². The van der Waals surface area contributed by atoms with E-state index in [2.05, 4.69) is 19.9 Å². The third-order valence-electron chi connectivity index (χ3n) is 3.44. The van der Waals surface area contributed by atoms with Gasteiger partial charge in [0, 0.05) is 27.3 Å². The minimum atomic E-state index is -0.0821. The highest BCUT2D eigenvalue weighted by Crippen LogP contribution is 2.28. The lowest BCUT2D eigenvalue weighted by Gasteiger charge is -2.27. The largest absolute Gasteiger partial charge is 0.422 e. The smallest absolute Gasteiger partial charge is 0.252 e. The van der Waals surface area contributed by atoms with Gasteiger partial charge in [0.2, 0.25) is 0 Å². The lowest BCUT2D eigenvalue weighted by atomic mass is 10.1. The van der Waals surface area contributed by atoms with Crippen LogP contribution < -0.4 is 4.90 Å². The normalized spacial score (nSPS) is 12.5. The third kappa shape index (κ3) is 2.62. The Labute approximate surface area is 128 Å². The van der Waals surface area contributed by atoms with Crippen molar-refractivity contribution in [3.05, 3.63) is 42.3 Å². The molecule has 0 radical (unpaired) electrons. The summed E-state index contributed by atoms with van der Waals surface area (Å²) < 4.78 is 10.8. The van der Waals surface area contributed by atoms with E-state index in [4.69, 9.17) is 9.15 Å². The van der Waals surface area contributed by atoms with Crippen LogP contribution in [0.15, 0.2) is 35.1 Å². The molecular formula is C15H17N5O2. The third-order valence-corrected chi connectivity index (χ3v) is 3.44. The molecular weight excluding hydrogens is 282 g/mol. The fourth-order valence-corrected chi connectivity index (χ4v) is 2.38. The maximum Gasteiger partial charge on any atom is 0.252 e. The molecule has 0 aromatic carbocycles. The van der Waals surface area contributed by atoms with Crippen LogP contribution in [-0.2, 0) is 4.74 Å². The van der Waals surface area contributed by atoms with Gasteiger partial charge in [-0.05, 0) is 12.1 Å². The van der Waals surface area contributed by atoms with E-state index in [9.17, 15) is 0 Å². The fraction of sp³-hybridized carbons (Fsp3) is 0.333. The Morgan fingerprint density at radius 1 is 1.27 bits per heavy atom. The second-order valence-electron chi connectivity index (χ2n) is 4.92. The number of nitrogens with zero attached hydrogens (tertiary/aromatic N) is 5. The molecule has 0 spiro atoms. The lowest BCUT2D eigenvalue weighted by Crippen LogP contribution is -2.29.